The van der Waals surface area contributed by atoms with E-state index < -0.39 is 0 Å². The van der Waals surface area contributed by atoms with E-state index in [0.29, 0.717) is 25.2 Å². The van der Waals surface area contributed by atoms with Crippen molar-refractivity contribution in [2.24, 2.45) is 11.7 Å². The number of ether oxygens (including phenoxy) is 1. The minimum Gasteiger partial charge on any atom is -0.457 e. The van der Waals surface area contributed by atoms with Gasteiger partial charge in [-0.1, -0.05) is 36.4 Å². The van der Waals surface area contributed by atoms with Crippen molar-refractivity contribution in [3.8, 4) is 0 Å². The van der Waals surface area contributed by atoms with Crippen LogP contribution in [-0.4, -0.2) is 41.0 Å². The molecule has 6 heteroatoms. The zero-order chi connectivity index (χ0) is 20.2. The Morgan fingerprint density at radius 3 is 2.62 bits per heavy atom. The molecule has 1 saturated heterocycles. The van der Waals surface area contributed by atoms with Gasteiger partial charge in [0.05, 0.1) is 11.1 Å². The van der Waals surface area contributed by atoms with Gasteiger partial charge in [-0.15, -0.1) is 0 Å². The number of carbonyl (C=O) groups excluding carboxylic acids is 2. The maximum atomic E-state index is 12.5. The van der Waals surface area contributed by atoms with E-state index in [9.17, 15) is 9.59 Å². The van der Waals surface area contributed by atoms with Crippen molar-refractivity contribution < 1.29 is 14.3 Å². The molecule has 2 atom stereocenters. The highest BCUT2D eigenvalue weighted by Gasteiger charge is 2.36. The maximum Gasteiger partial charge on any atom is 0.338 e. The van der Waals surface area contributed by atoms with E-state index in [1.165, 1.54) is 0 Å². The summed E-state index contributed by atoms with van der Waals surface area (Å²) >= 11 is 0. The van der Waals surface area contributed by atoms with Gasteiger partial charge in [-0.3, -0.25) is 14.7 Å². The first-order chi connectivity index (χ1) is 14.1. The summed E-state index contributed by atoms with van der Waals surface area (Å²) in [6, 6.07) is 19.0. The Labute approximate surface area is 169 Å². The molecule has 0 unspecified atom stereocenters. The van der Waals surface area contributed by atoms with E-state index >= 15 is 0 Å². The van der Waals surface area contributed by atoms with Gasteiger partial charge in [-0.2, -0.15) is 0 Å². The number of rotatable bonds is 6. The lowest BCUT2D eigenvalue weighted by Crippen LogP contribution is -2.29. The van der Waals surface area contributed by atoms with Crippen molar-refractivity contribution in [3.05, 3.63) is 78.0 Å². The van der Waals surface area contributed by atoms with E-state index in [1.807, 2.05) is 36.5 Å². The minimum absolute atomic E-state index is 0.117. The summed E-state index contributed by atoms with van der Waals surface area (Å²) in [5.41, 5.74) is 7.97. The average Bonchev–Trinajstić information content (AvgIpc) is 3.08. The molecule has 3 aromatic rings. The van der Waals surface area contributed by atoms with E-state index in [-0.39, 0.29) is 30.3 Å². The van der Waals surface area contributed by atoms with Crippen molar-refractivity contribution >= 4 is 22.8 Å². The second-order valence-electron chi connectivity index (χ2n) is 7.47. The van der Waals surface area contributed by atoms with Crippen LogP contribution in [0.25, 0.3) is 10.9 Å². The smallest absolute Gasteiger partial charge is 0.338 e. The quantitative estimate of drug-likeness (QED) is 0.655. The molecule has 0 aliphatic carbocycles. The van der Waals surface area contributed by atoms with Crippen LogP contribution in [0, 0.1) is 5.92 Å². The van der Waals surface area contributed by atoms with Gasteiger partial charge in [0.25, 0.3) is 0 Å². The average molecular weight is 389 g/mol. The number of esters is 1. The lowest BCUT2D eigenvalue weighted by Gasteiger charge is -2.18. The normalized spacial score (nSPS) is 19.3. The molecular weight excluding hydrogens is 366 g/mol. The molecule has 1 aliphatic rings. The third-order valence-corrected chi connectivity index (χ3v) is 5.24. The fourth-order valence-electron chi connectivity index (χ4n) is 3.89. The van der Waals surface area contributed by atoms with Crippen LogP contribution in [0.1, 0.15) is 22.3 Å². The number of aromatic nitrogens is 1. The van der Waals surface area contributed by atoms with Crippen LogP contribution in [0.2, 0.25) is 0 Å². The summed E-state index contributed by atoms with van der Waals surface area (Å²) in [5, 5.41) is 1.09. The number of likely N-dealkylation sites (tertiary alicyclic amines) is 1. The Balaban J connectivity index is 1.47. The topological polar surface area (TPSA) is 85.5 Å². The Morgan fingerprint density at radius 2 is 1.83 bits per heavy atom. The lowest BCUT2D eigenvalue weighted by atomic mass is 10.0. The Kier molecular flexibility index (Phi) is 5.53. The Morgan fingerprint density at radius 1 is 1.07 bits per heavy atom. The monoisotopic (exact) mass is 389 g/mol. The number of amides is 1. The third-order valence-electron chi connectivity index (χ3n) is 5.24. The van der Waals surface area contributed by atoms with Gasteiger partial charge >= 0.3 is 5.97 Å². The van der Waals surface area contributed by atoms with Crippen LogP contribution in [0.15, 0.2) is 66.9 Å². The molecule has 2 N–H and O–H groups in total. The molecule has 1 amide bonds. The number of nitrogens with two attached hydrogens (primary N) is 1. The molecule has 29 heavy (non-hydrogen) atoms. The van der Waals surface area contributed by atoms with Crippen molar-refractivity contribution in [1.82, 2.24) is 9.88 Å². The van der Waals surface area contributed by atoms with Crippen LogP contribution in [0.3, 0.4) is 0 Å². The summed E-state index contributed by atoms with van der Waals surface area (Å²) in [5.74, 6) is -0.877. The molecule has 0 bridgehead atoms. The van der Waals surface area contributed by atoms with Gasteiger partial charge in [0, 0.05) is 43.6 Å². The molecule has 1 fully saturated rings. The summed E-state index contributed by atoms with van der Waals surface area (Å²) in [6.07, 6.45) is 1.69. The lowest BCUT2D eigenvalue weighted by molar-refractivity contribution is -0.119. The second kappa shape index (κ2) is 8.41. The summed E-state index contributed by atoms with van der Waals surface area (Å²) in [7, 11) is 0. The van der Waals surface area contributed by atoms with Crippen LogP contribution < -0.4 is 5.73 Å². The molecule has 1 aromatic heterocycles. The van der Waals surface area contributed by atoms with Crippen molar-refractivity contribution in [3.63, 3.8) is 0 Å². The molecule has 1 aliphatic heterocycles. The highest BCUT2D eigenvalue weighted by molar-refractivity contribution is 5.89. The molecular formula is C23H23N3O3. The number of primary amides is 1. The predicted octanol–water partition coefficient (Wildman–Crippen LogP) is 2.77. The molecule has 148 valence electrons. The number of hydrogen-bond donors (Lipinski definition) is 1. The fourth-order valence-corrected chi connectivity index (χ4v) is 3.89. The van der Waals surface area contributed by atoms with E-state index in [1.54, 1.807) is 24.3 Å². The first-order valence-corrected chi connectivity index (χ1v) is 9.69. The van der Waals surface area contributed by atoms with Gasteiger partial charge in [0.15, 0.2) is 0 Å². The molecule has 0 spiro atoms. The maximum absolute atomic E-state index is 12.5. The fraction of sp³-hybridized carbons (Fsp3) is 0.261. The number of hydrogen-bond acceptors (Lipinski definition) is 5. The van der Waals surface area contributed by atoms with Gasteiger partial charge < -0.3 is 10.5 Å². The largest absolute Gasteiger partial charge is 0.457 e. The van der Waals surface area contributed by atoms with Crippen LogP contribution in [0.5, 0.6) is 0 Å². The van der Waals surface area contributed by atoms with Crippen LogP contribution in [0.4, 0.5) is 0 Å². The standard InChI is InChI=1S/C23H23N3O3/c24-22(27)11-19-14-26(13-16-10-18-8-4-5-9-20(18)25-12-16)15-21(19)29-23(28)17-6-2-1-3-7-17/h1-10,12,19,21H,11,13-15H2,(H2,24,27)/t19-,21+/m0/s1. The predicted molar refractivity (Wildman–Crippen MR) is 110 cm³/mol. The summed E-state index contributed by atoms with van der Waals surface area (Å²) < 4.78 is 5.75. The molecule has 6 nitrogen and oxygen atoms in total. The number of nitrogens with zero attached hydrogens (tertiary/aromatic N) is 2. The van der Waals surface area contributed by atoms with E-state index in [0.717, 1.165) is 16.5 Å². The SMILES string of the molecule is NC(=O)C[C@H]1CN(Cc2cnc3ccccc3c2)C[C@H]1OC(=O)c1ccccc1. The first-order valence-electron chi connectivity index (χ1n) is 9.69. The van der Waals surface area contributed by atoms with Crippen molar-refractivity contribution in [2.75, 3.05) is 13.1 Å². The number of para-hydroxylation sites is 1. The van der Waals surface area contributed by atoms with Gasteiger partial charge in [0.1, 0.15) is 6.10 Å². The van der Waals surface area contributed by atoms with Crippen LogP contribution in [-0.2, 0) is 16.1 Å². The molecule has 2 aromatic carbocycles. The van der Waals surface area contributed by atoms with Gasteiger partial charge in [-0.25, -0.2) is 4.79 Å². The van der Waals surface area contributed by atoms with Crippen LogP contribution >= 0.6 is 0 Å². The number of pyridine rings is 1. The molecule has 2 heterocycles. The minimum atomic E-state index is -0.384. The zero-order valence-electron chi connectivity index (χ0n) is 16.0. The molecule has 0 radical (unpaired) electrons. The third kappa shape index (κ3) is 4.60. The number of fused-ring (bicyclic) bond motifs is 1. The number of benzene rings is 2. The highest BCUT2D eigenvalue weighted by Crippen LogP contribution is 2.26. The molecule has 0 saturated carbocycles. The van der Waals surface area contributed by atoms with Crippen molar-refractivity contribution in [2.45, 2.75) is 19.1 Å². The van der Waals surface area contributed by atoms with E-state index in [2.05, 4.69) is 16.0 Å². The first kappa shape index (κ1) is 19.1. The molecule has 4 rings (SSSR count). The van der Waals surface area contributed by atoms with Crippen molar-refractivity contribution in [1.29, 1.82) is 0 Å². The zero-order valence-corrected chi connectivity index (χ0v) is 16.0. The summed E-state index contributed by atoms with van der Waals surface area (Å²) in [6.45, 7) is 1.87. The second-order valence-corrected chi connectivity index (χ2v) is 7.47. The van der Waals surface area contributed by atoms with Gasteiger partial charge in [-0.05, 0) is 29.8 Å². The van der Waals surface area contributed by atoms with E-state index in [4.69, 9.17) is 10.5 Å². The Bertz CT molecular complexity index is 1020. The van der Waals surface area contributed by atoms with Gasteiger partial charge in [0.2, 0.25) is 5.91 Å². The number of carbonyl (C=O) groups is 2. The Hall–Kier alpha value is -3.25. The summed E-state index contributed by atoms with van der Waals surface area (Å²) in [4.78, 5) is 30.7. The highest BCUT2D eigenvalue weighted by atomic mass is 16.5.